The van der Waals surface area contributed by atoms with E-state index in [1.54, 1.807) is 6.07 Å². The van der Waals surface area contributed by atoms with Gasteiger partial charge in [0.2, 0.25) is 0 Å². The minimum absolute atomic E-state index is 0. The van der Waals surface area contributed by atoms with Crippen LogP contribution >= 0.6 is 24.0 Å². The summed E-state index contributed by atoms with van der Waals surface area (Å²) >= 11 is 0. The first-order valence-electron chi connectivity index (χ1n) is 10.6. The number of hydrogen-bond donors (Lipinski definition) is 3. The highest BCUT2D eigenvalue weighted by molar-refractivity contribution is 14.0. The van der Waals surface area contributed by atoms with Crippen molar-refractivity contribution in [3.63, 3.8) is 0 Å². The van der Waals surface area contributed by atoms with Gasteiger partial charge in [-0.2, -0.15) is 0 Å². The molecule has 0 saturated heterocycles. The van der Waals surface area contributed by atoms with Crippen molar-refractivity contribution in [2.75, 3.05) is 19.8 Å². The Morgan fingerprint density at radius 1 is 1.27 bits per heavy atom. The standard InChI is InChI=1S/C22H36N4O3.HI/c1-5-22(6-2)18(13-19(22)28-8-4)26-21(24-7-3)25-14-16-10-9-11-17(12-16)29-15-20(23)27;/h9-12,18-19H,5-8,13-15H2,1-4H3,(H2,23,27)(H2,24,25,26);1H. The van der Waals surface area contributed by atoms with E-state index < -0.39 is 5.91 Å². The molecule has 8 heteroatoms. The third-order valence-electron chi connectivity index (χ3n) is 5.82. The number of carbonyl (C=O) groups excluding carboxylic acids is 1. The molecule has 0 aromatic heterocycles. The van der Waals surface area contributed by atoms with Gasteiger partial charge in [-0.15, -0.1) is 24.0 Å². The molecule has 2 unspecified atom stereocenters. The van der Waals surface area contributed by atoms with E-state index >= 15 is 0 Å². The summed E-state index contributed by atoms with van der Waals surface area (Å²) in [5.41, 5.74) is 6.29. The van der Waals surface area contributed by atoms with Crippen molar-refractivity contribution in [2.45, 2.75) is 65.6 Å². The van der Waals surface area contributed by atoms with Crippen LogP contribution in [0.25, 0.3) is 0 Å². The molecule has 1 aliphatic carbocycles. The van der Waals surface area contributed by atoms with Gasteiger partial charge in [0.05, 0.1) is 12.6 Å². The molecule has 0 heterocycles. The number of hydrogen-bond acceptors (Lipinski definition) is 4. The number of nitrogens with two attached hydrogens (primary N) is 1. The molecule has 1 saturated carbocycles. The van der Waals surface area contributed by atoms with E-state index in [1.807, 2.05) is 18.2 Å². The number of primary amides is 1. The average Bonchev–Trinajstić information content (AvgIpc) is 2.71. The molecule has 30 heavy (non-hydrogen) atoms. The van der Waals surface area contributed by atoms with Crippen molar-refractivity contribution >= 4 is 35.8 Å². The van der Waals surface area contributed by atoms with Crippen molar-refractivity contribution in [2.24, 2.45) is 16.1 Å². The summed E-state index contributed by atoms with van der Waals surface area (Å²) in [5.74, 6) is 0.930. The highest BCUT2D eigenvalue weighted by Crippen LogP contribution is 2.48. The largest absolute Gasteiger partial charge is 0.484 e. The van der Waals surface area contributed by atoms with Crippen LogP contribution in [0.5, 0.6) is 5.75 Å². The lowest BCUT2D eigenvalue weighted by Gasteiger charge is -2.55. The van der Waals surface area contributed by atoms with Crippen LogP contribution in [0.3, 0.4) is 0 Å². The minimum Gasteiger partial charge on any atom is -0.484 e. The summed E-state index contributed by atoms with van der Waals surface area (Å²) in [5, 5.41) is 6.97. The first-order chi connectivity index (χ1) is 14.0. The lowest BCUT2D eigenvalue weighted by atomic mass is 9.58. The second-order valence-electron chi connectivity index (χ2n) is 7.41. The number of amides is 1. The van der Waals surface area contributed by atoms with Crippen LogP contribution in [-0.4, -0.2) is 43.8 Å². The fourth-order valence-electron chi connectivity index (χ4n) is 4.13. The summed E-state index contributed by atoms with van der Waals surface area (Å²) in [4.78, 5) is 15.7. The number of carbonyl (C=O) groups is 1. The van der Waals surface area contributed by atoms with Gasteiger partial charge in [0.1, 0.15) is 5.75 Å². The highest BCUT2D eigenvalue weighted by Gasteiger charge is 2.53. The molecule has 7 nitrogen and oxygen atoms in total. The van der Waals surface area contributed by atoms with Crippen LogP contribution in [0.1, 0.15) is 52.5 Å². The molecule has 0 bridgehead atoms. The Morgan fingerprint density at radius 2 is 2.00 bits per heavy atom. The van der Waals surface area contributed by atoms with Crippen LogP contribution in [0.2, 0.25) is 0 Å². The molecule has 1 amide bonds. The third-order valence-corrected chi connectivity index (χ3v) is 5.82. The molecule has 1 aliphatic rings. The summed E-state index contributed by atoms with van der Waals surface area (Å²) in [6.45, 7) is 10.5. The molecule has 170 valence electrons. The number of aliphatic imine (C=N–C) groups is 1. The van der Waals surface area contributed by atoms with Crippen molar-refractivity contribution in [1.82, 2.24) is 10.6 Å². The highest BCUT2D eigenvalue weighted by atomic mass is 127. The van der Waals surface area contributed by atoms with Crippen LogP contribution in [0.15, 0.2) is 29.3 Å². The Bertz CT molecular complexity index is 695. The molecule has 0 aliphatic heterocycles. The number of halogens is 1. The van der Waals surface area contributed by atoms with Gasteiger partial charge in [-0.05, 0) is 50.8 Å². The Balaban J connectivity index is 0.00000450. The molecule has 2 rings (SSSR count). The van der Waals surface area contributed by atoms with Crippen molar-refractivity contribution in [3.05, 3.63) is 29.8 Å². The maximum atomic E-state index is 10.9. The van der Waals surface area contributed by atoms with E-state index in [-0.39, 0.29) is 36.0 Å². The molecule has 1 aromatic rings. The maximum absolute atomic E-state index is 10.9. The molecule has 2 atom stereocenters. The van der Waals surface area contributed by atoms with Gasteiger partial charge in [-0.1, -0.05) is 26.0 Å². The van der Waals surface area contributed by atoms with E-state index in [0.717, 1.165) is 43.9 Å². The van der Waals surface area contributed by atoms with Gasteiger partial charge < -0.3 is 25.8 Å². The first-order valence-corrected chi connectivity index (χ1v) is 10.6. The third kappa shape index (κ3) is 6.73. The fourth-order valence-corrected chi connectivity index (χ4v) is 4.13. The van der Waals surface area contributed by atoms with Gasteiger partial charge in [0, 0.05) is 24.6 Å². The van der Waals surface area contributed by atoms with Gasteiger partial charge in [0.15, 0.2) is 12.6 Å². The van der Waals surface area contributed by atoms with E-state index in [4.69, 9.17) is 20.2 Å². The normalized spacial score (nSPS) is 19.9. The summed E-state index contributed by atoms with van der Waals surface area (Å²) in [7, 11) is 0. The molecule has 4 N–H and O–H groups in total. The predicted octanol–water partition coefficient (Wildman–Crippen LogP) is 3.21. The van der Waals surface area contributed by atoms with E-state index in [9.17, 15) is 4.79 Å². The Hall–Kier alpha value is -1.55. The van der Waals surface area contributed by atoms with E-state index in [1.165, 1.54) is 0 Å². The first kappa shape index (κ1) is 26.5. The zero-order chi connectivity index (χ0) is 21.3. The Labute approximate surface area is 197 Å². The smallest absolute Gasteiger partial charge is 0.255 e. The minimum atomic E-state index is -0.492. The second-order valence-corrected chi connectivity index (χ2v) is 7.41. The van der Waals surface area contributed by atoms with Crippen molar-refractivity contribution in [1.29, 1.82) is 0 Å². The molecule has 0 spiro atoms. The van der Waals surface area contributed by atoms with Gasteiger partial charge in [-0.3, -0.25) is 4.79 Å². The Kier molecular flexibility index (Phi) is 11.5. The van der Waals surface area contributed by atoms with E-state index in [2.05, 4.69) is 38.3 Å². The number of benzene rings is 1. The molecular formula is C22H37IN4O3. The number of nitrogens with zero attached hydrogens (tertiary/aromatic N) is 1. The second kappa shape index (κ2) is 13.0. The van der Waals surface area contributed by atoms with Crippen LogP contribution in [0, 0.1) is 5.41 Å². The zero-order valence-corrected chi connectivity index (χ0v) is 20.9. The number of nitrogens with one attached hydrogen (secondary N) is 2. The maximum Gasteiger partial charge on any atom is 0.255 e. The monoisotopic (exact) mass is 532 g/mol. The summed E-state index contributed by atoms with van der Waals surface area (Å²) in [6, 6.07) is 7.91. The Morgan fingerprint density at radius 3 is 2.60 bits per heavy atom. The van der Waals surface area contributed by atoms with Gasteiger partial charge in [0.25, 0.3) is 5.91 Å². The number of ether oxygens (including phenoxy) is 2. The quantitative estimate of drug-likeness (QED) is 0.231. The van der Waals surface area contributed by atoms with Crippen LogP contribution < -0.4 is 21.1 Å². The van der Waals surface area contributed by atoms with Crippen LogP contribution in [0.4, 0.5) is 0 Å². The molecule has 1 aromatic carbocycles. The lowest BCUT2D eigenvalue weighted by molar-refractivity contribution is -0.133. The summed E-state index contributed by atoms with van der Waals surface area (Å²) < 4.78 is 11.4. The van der Waals surface area contributed by atoms with Crippen LogP contribution in [-0.2, 0) is 16.1 Å². The predicted molar refractivity (Wildman–Crippen MR) is 131 cm³/mol. The average molecular weight is 532 g/mol. The number of rotatable bonds is 11. The SMILES string of the molecule is CCNC(=NCc1cccc(OCC(N)=O)c1)NC1CC(OCC)C1(CC)CC.I. The van der Waals surface area contributed by atoms with Crippen molar-refractivity contribution in [3.8, 4) is 5.75 Å². The van der Waals surface area contributed by atoms with Crippen molar-refractivity contribution < 1.29 is 14.3 Å². The van der Waals surface area contributed by atoms with Gasteiger partial charge >= 0.3 is 0 Å². The zero-order valence-electron chi connectivity index (χ0n) is 18.6. The molecule has 1 fully saturated rings. The van der Waals surface area contributed by atoms with Gasteiger partial charge in [-0.25, -0.2) is 4.99 Å². The fraction of sp³-hybridized carbons (Fsp3) is 0.636. The van der Waals surface area contributed by atoms with E-state index in [0.29, 0.717) is 24.4 Å². The number of guanidine groups is 1. The lowest BCUT2D eigenvalue weighted by Crippen LogP contribution is -2.65. The summed E-state index contributed by atoms with van der Waals surface area (Å²) in [6.07, 6.45) is 3.45. The molecular weight excluding hydrogens is 495 g/mol. The molecule has 0 radical (unpaired) electrons. The topological polar surface area (TPSA) is 98.0 Å².